The Labute approximate surface area is 127 Å². The molecule has 21 heavy (non-hydrogen) atoms. The van der Waals surface area contributed by atoms with E-state index in [9.17, 15) is 4.39 Å². The molecule has 0 bridgehead atoms. The Hall–Kier alpha value is -1.63. The highest BCUT2D eigenvalue weighted by Gasteiger charge is 2.00. The highest BCUT2D eigenvalue weighted by Crippen LogP contribution is 2.20. The summed E-state index contributed by atoms with van der Waals surface area (Å²) in [5.41, 5.74) is 2.69. The molecule has 0 aromatic heterocycles. The zero-order valence-electron chi connectivity index (χ0n) is 12.9. The van der Waals surface area contributed by atoms with Crippen molar-refractivity contribution in [2.24, 2.45) is 0 Å². The molecule has 0 aliphatic carbocycles. The fourth-order valence-corrected chi connectivity index (χ4v) is 2.73. The maximum Gasteiger partial charge on any atom is 0.0973 e. The lowest BCUT2D eigenvalue weighted by atomic mass is 10.00. The second-order valence-electron chi connectivity index (χ2n) is 5.89. The average molecular weight is 284 g/mol. The summed E-state index contributed by atoms with van der Waals surface area (Å²) < 4.78 is 12.7. The van der Waals surface area contributed by atoms with Crippen LogP contribution in [0.4, 0.5) is 4.39 Å². The van der Waals surface area contributed by atoms with Crippen LogP contribution in [-0.2, 0) is 12.8 Å². The van der Waals surface area contributed by atoms with Crippen LogP contribution >= 0.6 is 0 Å². The smallest absolute Gasteiger partial charge is 0.0973 e. The number of allylic oxidation sites excluding steroid dienone is 1. The van der Waals surface area contributed by atoms with Crippen LogP contribution < -0.4 is 0 Å². The summed E-state index contributed by atoms with van der Waals surface area (Å²) in [5.74, 6) is 0. The van der Waals surface area contributed by atoms with E-state index in [1.165, 1.54) is 21.9 Å². The third kappa shape index (κ3) is 5.00. The normalized spacial score (nSPS) is 12.5. The van der Waals surface area contributed by atoms with Gasteiger partial charge in [-0.25, -0.2) is 4.39 Å². The van der Waals surface area contributed by atoms with Crippen molar-refractivity contribution in [1.29, 1.82) is 0 Å². The van der Waals surface area contributed by atoms with E-state index in [1.54, 1.807) is 6.92 Å². The molecule has 0 amide bonds. The highest BCUT2D eigenvalue weighted by molar-refractivity contribution is 5.83. The van der Waals surface area contributed by atoms with Crippen LogP contribution in [0.3, 0.4) is 0 Å². The van der Waals surface area contributed by atoms with Gasteiger partial charge in [0.1, 0.15) is 0 Å². The van der Waals surface area contributed by atoms with Crippen molar-refractivity contribution < 1.29 is 4.39 Å². The number of fused-ring (bicyclic) bond motifs is 1. The Morgan fingerprint density at radius 3 is 2.33 bits per heavy atom. The molecule has 0 spiro atoms. The predicted octanol–water partition coefficient (Wildman–Crippen LogP) is 6.03. The molecule has 0 N–H and O–H groups in total. The topological polar surface area (TPSA) is 0 Å². The summed E-state index contributed by atoms with van der Waals surface area (Å²) >= 11 is 0. The monoisotopic (exact) mass is 284 g/mol. The van der Waals surface area contributed by atoms with Gasteiger partial charge in [0.25, 0.3) is 0 Å². The number of unbranched alkanes of at least 4 members (excludes halogenated alkanes) is 2. The fraction of sp³-hybridized carbons (Fsp3) is 0.400. The van der Waals surface area contributed by atoms with Gasteiger partial charge in [0, 0.05) is 0 Å². The summed E-state index contributed by atoms with van der Waals surface area (Å²) in [6.07, 6.45) is 7.25. The van der Waals surface area contributed by atoms with Crippen molar-refractivity contribution in [2.45, 2.75) is 51.6 Å². The molecule has 2 aromatic rings. The van der Waals surface area contributed by atoms with Crippen molar-refractivity contribution in [3.8, 4) is 0 Å². The van der Waals surface area contributed by atoms with Crippen molar-refractivity contribution in [3.63, 3.8) is 0 Å². The quantitative estimate of drug-likeness (QED) is 0.410. The zero-order chi connectivity index (χ0) is 15.1. The number of alkyl halides is 1. The number of rotatable bonds is 8. The first-order valence-electron chi connectivity index (χ1n) is 7.95. The van der Waals surface area contributed by atoms with Gasteiger partial charge in [0.15, 0.2) is 0 Å². The predicted molar refractivity (Wildman–Crippen MR) is 90.6 cm³/mol. The number of aryl methyl sites for hydroxylation is 1. The Morgan fingerprint density at radius 1 is 1.00 bits per heavy atom. The Morgan fingerprint density at radius 2 is 1.67 bits per heavy atom. The molecule has 2 rings (SSSR count). The first-order valence-corrected chi connectivity index (χ1v) is 7.95. The maximum atomic E-state index is 12.7. The van der Waals surface area contributed by atoms with Crippen LogP contribution in [0, 0.1) is 0 Å². The van der Waals surface area contributed by atoms with E-state index < -0.39 is 6.17 Å². The lowest BCUT2D eigenvalue weighted by Crippen LogP contribution is -1.92. The van der Waals surface area contributed by atoms with E-state index >= 15 is 0 Å². The molecular formula is C20H25F. The van der Waals surface area contributed by atoms with Gasteiger partial charge < -0.3 is 0 Å². The molecule has 112 valence electrons. The van der Waals surface area contributed by atoms with E-state index in [1.807, 2.05) is 6.08 Å². The first kappa shape index (κ1) is 15.8. The molecule has 0 saturated carbocycles. The highest BCUT2D eigenvalue weighted by atomic mass is 19.1. The lowest BCUT2D eigenvalue weighted by Gasteiger charge is -2.06. The average Bonchev–Trinajstić information content (AvgIpc) is 2.47. The van der Waals surface area contributed by atoms with E-state index in [0.29, 0.717) is 6.42 Å². The van der Waals surface area contributed by atoms with Crippen molar-refractivity contribution in [1.82, 2.24) is 0 Å². The van der Waals surface area contributed by atoms with Crippen LogP contribution in [0.25, 0.3) is 10.8 Å². The van der Waals surface area contributed by atoms with E-state index in [-0.39, 0.29) is 0 Å². The van der Waals surface area contributed by atoms with Gasteiger partial charge in [0.2, 0.25) is 0 Å². The second-order valence-corrected chi connectivity index (χ2v) is 5.89. The summed E-state index contributed by atoms with van der Waals surface area (Å²) in [5, 5.41) is 2.60. The minimum absolute atomic E-state index is 0.657. The van der Waals surface area contributed by atoms with Gasteiger partial charge in [-0.05, 0) is 54.5 Å². The molecule has 0 aliphatic heterocycles. The third-order valence-corrected chi connectivity index (χ3v) is 3.92. The zero-order valence-corrected chi connectivity index (χ0v) is 12.9. The molecule has 1 atom stereocenters. The van der Waals surface area contributed by atoms with Gasteiger partial charge in [-0.15, -0.1) is 6.58 Å². The van der Waals surface area contributed by atoms with E-state index in [0.717, 1.165) is 32.1 Å². The third-order valence-electron chi connectivity index (χ3n) is 3.92. The van der Waals surface area contributed by atoms with Gasteiger partial charge in [0.05, 0.1) is 6.17 Å². The molecule has 1 unspecified atom stereocenters. The molecule has 0 nitrogen and oxygen atoms in total. The molecule has 2 aromatic carbocycles. The summed E-state index contributed by atoms with van der Waals surface area (Å²) in [4.78, 5) is 0. The van der Waals surface area contributed by atoms with Crippen molar-refractivity contribution in [2.75, 3.05) is 0 Å². The first-order chi connectivity index (χ1) is 10.2. The SMILES string of the molecule is C=CCc1ccc2cc(CCCCCC(C)F)ccc2c1. The van der Waals surface area contributed by atoms with Gasteiger partial charge in [-0.2, -0.15) is 0 Å². The van der Waals surface area contributed by atoms with Crippen LogP contribution in [0.5, 0.6) is 0 Å². The number of benzene rings is 2. The molecule has 0 aliphatic rings. The van der Waals surface area contributed by atoms with Gasteiger partial charge in [-0.3, -0.25) is 0 Å². The second kappa shape index (κ2) is 7.97. The van der Waals surface area contributed by atoms with E-state index in [2.05, 4.69) is 43.0 Å². The number of hydrogen-bond donors (Lipinski definition) is 0. The minimum atomic E-state index is -0.657. The van der Waals surface area contributed by atoms with Gasteiger partial charge in [-0.1, -0.05) is 55.3 Å². The lowest BCUT2D eigenvalue weighted by molar-refractivity contribution is 0.330. The molecule has 0 fully saturated rings. The number of halogens is 1. The molecule has 0 radical (unpaired) electrons. The van der Waals surface area contributed by atoms with Crippen LogP contribution in [0.15, 0.2) is 49.1 Å². The Kier molecular flexibility index (Phi) is 5.98. The molecule has 0 heterocycles. The number of hydrogen-bond acceptors (Lipinski definition) is 0. The largest absolute Gasteiger partial charge is 0.248 e. The summed E-state index contributed by atoms with van der Waals surface area (Å²) in [6, 6.07) is 13.3. The molecule has 1 heteroatoms. The fourth-order valence-electron chi connectivity index (χ4n) is 2.73. The molecular weight excluding hydrogens is 259 g/mol. The van der Waals surface area contributed by atoms with Gasteiger partial charge >= 0.3 is 0 Å². The van der Waals surface area contributed by atoms with Crippen molar-refractivity contribution >= 4 is 10.8 Å². The van der Waals surface area contributed by atoms with Crippen molar-refractivity contribution in [3.05, 3.63) is 60.2 Å². The standard InChI is InChI=1S/C20H25F/c1-3-7-17-10-12-20-15-18(11-13-19(20)14-17)9-6-4-5-8-16(2)21/h3,10-16H,1,4-9H2,2H3. The van der Waals surface area contributed by atoms with E-state index in [4.69, 9.17) is 0 Å². The molecule has 0 saturated heterocycles. The summed E-state index contributed by atoms with van der Waals surface area (Å²) in [6.45, 7) is 5.43. The Balaban J connectivity index is 1.93. The van der Waals surface area contributed by atoms with Crippen LogP contribution in [0.1, 0.15) is 43.7 Å². The van der Waals surface area contributed by atoms with Crippen LogP contribution in [0.2, 0.25) is 0 Å². The van der Waals surface area contributed by atoms with Crippen LogP contribution in [-0.4, -0.2) is 6.17 Å². The minimum Gasteiger partial charge on any atom is -0.248 e. The maximum absolute atomic E-state index is 12.7. The Bertz CT molecular complexity index is 583. The summed E-state index contributed by atoms with van der Waals surface area (Å²) in [7, 11) is 0.